The molecule has 0 rings (SSSR count). The Balaban J connectivity index is 0. The van der Waals surface area contributed by atoms with E-state index in [4.69, 9.17) is 18.0 Å². The smallest absolute Gasteiger partial charge is 0.0596 e. The van der Waals surface area contributed by atoms with Crippen LogP contribution in [0.5, 0.6) is 0 Å². The van der Waals surface area contributed by atoms with E-state index >= 15 is 0 Å². The minimum atomic E-state index is 0. The second kappa shape index (κ2) is 8.10. The van der Waals surface area contributed by atoms with Crippen molar-refractivity contribution in [1.29, 1.82) is 0 Å². The van der Waals surface area contributed by atoms with Crippen LogP contribution in [0.4, 0.5) is 0 Å². The van der Waals surface area contributed by atoms with Crippen molar-refractivity contribution in [2.45, 2.75) is 0 Å². The third kappa shape index (κ3) is 8.10. The molecule has 54 valence electrons. The van der Waals surface area contributed by atoms with Crippen LogP contribution in [0.3, 0.4) is 0 Å². The molecule has 0 heterocycles. The van der Waals surface area contributed by atoms with Gasteiger partial charge in [0.25, 0.3) is 0 Å². The van der Waals surface area contributed by atoms with Crippen LogP contribution in [0.2, 0.25) is 0 Å². The van der Waals surface area contributed by atoms with Crippen molar-refractivity contribution < 1.29 is 0 Å². The van der Waals surface area contributed by atoms with Crippen LogP contribution < -0.4 is 0 Å². The van der Waals surface area contributed by atoms with E-state index in [0.29, 0.717) is 12.4 Å². The average molecular weight is 168 g/mol. The van der Waals surface area contributed by atoms with Gasteiger partial charge in [0.15, 0.2) is 0 Å². The molecule has 0 aromatic heterocycles. The van der Waals surface area contributed by atoms with Gasteiger partial charge < -0.3 is 0 Å². The SMILES string of the molecule is C#CCN(C)CCCl.Cl. The van der Waals surface area contributed by atoms with Gasteiger partial charge in [-0.05, 0) is 7.05 Å². The van der Waals surface area contributed by atoms with Crippen LogP contribution in [-0.4, -0.2) is 30.9 Å². The highest BCUT2D eigenvalue weighted by molar-refractivity contribution is 6.18. The molecular weight excluding hydrogens is 157 g/mol. The predicted molar refractivity (Wildman–Crippen MR) is 44.3 cm³/mol. The van der Waals surface area contributed by atoms with Gasteiger partial charge in [0.1, 0.15) is 0 Å². The van der Waals surface area contributed by atoms with E-state index in [-0.39, 0.29) is 12.4 Å². The van der Waals surface area contributed by atoms with Gasteiger partial charge in [-0.2, -0.15) is 0 Å². The molecule has 0 aromatic rings. The van der Waals surface area contributed by atoms with Gasteiger partial charge in [0, 0.05) is 12.4 Å². The number of terminal acetylenes is 1. The van der Waals surface area contributed by atoms with E-state index < -0.39 is 0 Å². The van der Waals surface area contributed by atoms with Crippen molar-refractivity contribution in [3.05, 3.63) is 0 Å². The van der Waals surface area contributed by atoms with E-state index in [2.05, 4.69) is 5.92 Å². The molecule has 0 aromatic carbocycles. The molecule has 0 aliphatic heterocycles. The van der Waals surface area contributed by atoms with Crippen molar-refractivity contribution in [2.75, 3.05) is 26.0 Å². The molecule has 9 heavy (non-hydrogen) atoms. The summed E-state index contributed by atoms with van der Waals surface area (Å²) in [6.45, 7) is 1.55. The first-order chi connectivity index (χ1) is 3.81. The Morgan fingerprint density at radius 2 is 2.22 bits per heavy atom. The van der Waals surface area contributed by atoms with Gasteiger partial charge in [-0.15, -0.1) is 30.4 Å². The van der Waals surface area contributed by atoms with E-state index in [1.807, 2.05) is 11.9 Å². The molecule has 1 nitrogen and oxygen atoms in total. The van der Waals surface area contributed by atoms with Crippen LogP contribution in [0, 0.1) is 12.3 Å². The summed E-state index contributed by atoms with van der Waals surface area (Å²) in [5, 5.41) is 0. The number of hydrogen-bond donors (Lipinski definition) is 0. The maximum Gasteiger partial charge on any atom is 0.0596 e. The molecule has 0 radical (unpaired) electrons. The molecule has 0 saturated carbocycles. The Morgan fingerprint density at radius 3 is 2.56 bits per heavy atom. The number of hydrogen-bond acceptors (Lipinski definition) is 1. The lowest BCUT2D eigenvalue weighted by atomic mass is 10.5. The molecule has 0 spiro atoms. The summed E-state index contributed by atoms with van der Waals surface area (Å²) in [5.74, 6) is 3.17. The normalized spacial score (nSPS) is 8.22. The lowest BCUT2D eigenvalue weighted by molar-refractivity contribution is 0.401. The maximum absolute atomic E-state index is 5.42. The summed E-state index contributed by atoms with van der Waals surface area (Å²) in [6.07, 6.45) is 5.02. The molecule has 0 amide bonds. The molecule has 0 atom stereocenters. The fourth-order valence-electron chi connectivity index (χ4n) is 0.379. The fraction of sp³-hybridized carbons (Fsp3) is 0.667. The van der Waals surface area contributed by atoms with Crippen LogP contribution in [0.25, 0.3) is 0 Å². The Hall–Kier alpha value is 0.100. The highest BCUT2D eigenvalue weighted by atomic mass is 35.5. The van der Waals surface area contributed by atoms with Crippen molar-refractivity contribution >= 4 is 24.0 Å². The molecule has 0 unspecified atom stereocenters. The monoisotopic (exact) mass is 167 g/mol. The van der Waals surface area contributed by atoms with Gasteiger partial charge in [0.2, 0.25) is 0 Å². The maximum atomic E-state index is 5.42. The zero-order valence-corrected chi connectivity index (χ0v) is 7.00. The second-order valence-corrected chi connectivity index (χ2v) is 2.01. The highest BCUT2D eigenvalue weighted by Gasteiger charge is 1.89. The molecule has 3 heteroatoms. The van der Waals surface area contributed by atoms with E-state index in [0.717, 1.165) is 6.54 Å². The lowest BCUT2D eigenvalue weighted by Crippen LogP contribution is -2.20. The molecule has 0 bridgehead atoms. The largest absolute Gasteiger partial charge is 0.294 e. The molecule has 0 aliphatic rings. The quantitative estimate of drug-likeness (QED) is 0.452. The minimum Gasteiger partial charge on any atom is -0.294 e. The first-order valence-corrected chi connectivity index (χ1v) is 3.02. The topological polar surface area (TPSA) is 3.24 Å². The first kappa shape index (κ1) is 11.8. The predicted octanol–water partition coefficient (Wildman–Crippen LogP) is 1.21. The summed E-state index contributed by atoms with van der Waals surface area (Å²) in [4.78, 5) is 1.99. The minimum absolute atomic E-state index is 0. The Morgan fingerprint density at radius 1 is 1.67 bits per heavy atom. The van der Waals surface area contributed by atoms with Crippen molar-refractivity contribution in [2.24, 2.45) is 0 Å². The fourth-order valence-corrected chi connectivity index (χ4v) is 0.668. The van der Waals surface area contributed by atoms with Gasteiger partial charge >= 0.3 is 0 Å². The van der Waals surface area contributed by atoms with Gasteiger partial charge in [-0.25, -0.2) is 0 Å². The van der Waals surface area contributed by atoms with Crippen LogP contribution in [-0.2, 0) is 0 Å². The Kier molecular flexibility index (Phi) is 10.7. The molecule has 0 saturated heterocycles. The standard InChI is InChI=1S/C6H10ClN.ClH/c1-3-5-8(2)6-4-7;/h1H,4-6H2,2H3;1H. The molecular formula is C6H11Cl2N. The van der Waals surface area contributed by atoms with Gasteiger partial charge in [-0.3, -0.25) is 4.90 Å². The van der Waals surface area contributed by atoms with Gasteiger partial charge in [0.05, 0.1) is 6.54 Å². The molecule has 0 fully saturated rings. The van der Waals surface area contributed by atoms with E-state index in [9.17, 15) is 0 Å². The van der Waals surface area contributed by atoms with Crippen molar-refractivity contribution in [3.8, 4) is 12.3 Å². The summed E-state index contributed by atoms with van der Waals surface area (Å²) >= 11 is 5.42. The summed E-state index contributed by atoms with van der Waals surface area (Å²) < 4.78 is 0. The Bertz CT molecular complexity index is 87.5. The third-order valence-electron chi connectivity index (χ3n) is 0.827. The van der Waals surface area contributed by atoms with E-state index in [1.165, 1.54) is 0 Å². The summed E-state index contributed by atoms with van der Waals surface area (Å²) in [7, 11) is 1.95. The van der Waals surface area contributed by atoms with Gasteiger partial charge in [-0.1, -0.05) is 5.92 Å². The number of nitrogens with zero attached hydrogens (tertiary/aromatic N) is 1. The number of rotatable bonds is 3. The average Bonchev–Trinajstić information content (AvgIpc) is 1.68. The second-order valence-electron chi connectivity index (χ2n) is 1.63. The third-order valence-corrected chi connectivity index (χ3v) is 0.996. The zero-order valence-electron chi connectivity index (χ0n) is 5.43. The van der Waals surface area contributed by atoms with Crippen molar-refractivity contribution in [3.63, 3.8) is 0 Å². The van der Waals surface area contributed by atoms with E-state index in [1.54, 1.807) is 0 Å². The molecule has 0 aliphatic carbocycles. The number of alkyl halides is 1. The zero-order chi connectivity index (χ0) is 6.41. The summed E-state index contributed by atoms with van der Waals surface area (Å²) in [5.41, 5.74) is 0. The number of halogens is 2. The lowest BCUT2D eigenvalue weighted by Gasteiger charge is -2.08. The summed E-state index contributed by atoms with van der Waals surface area (Å²) in [6, 6.07) is 0. The van der Waals surface area contributed by atoms with Crippen molar-refractivity contribution in [1.82, 2.24) is 4.90 Å². The first-order valence-electron chi connectivity index (χ1n) is 2.49. The van der Waals surface area contributed by atoms with Crippen LogP contribution in [0.1, 0.15) is 0 Å². The van der Waals surface area contributed by atoms with Crippen LogP contribution >= 0.6 is 24.0 Å². The van der Waals surface area contributed by atoms with Crippen LogP contribution in [0.15, 0.2) is 0 Å². The Labute approximate surface area is 67.8 Å². The molecule has 0 N–H and O–H groups in total. The highest BCUT2D eigenvalue weighted by Crippen LogP contribution is 1.81.